The first-order valence-electron chi connectivity index (χ1n) is 6.44. The predicted molar refractivity (Wildman–Crippen MR) is 74.6 cm³/mol. The molecule has 0 bridgehead atoms. The fraction of sp³-hybridized carbons (Fsp3) is 0.500. The number of carbonyl (C=O) groups is 1. The smallest absolute Gasteiger partial charge is 0.224 e. The van der Waals surface area contributed by atoms with Crippen molar-refractivity contribution >= 4 is 17.3 Å². The number of carbonyl (C=O) groups excluding carboxylic acids is 1. The maximum atomic E-state index is 11.7. The van der Waals surface area contributed by atoms with E-state index in [1.807, 2.05) is 18.2 Å². The van der Waals surface area contributed by atoms with Crippen LogP contribution in [0.2, 0.25) is 0 Å². The molecule has 1 fully saturated rings. The van der Waals surface area contributed by atoms with Crippen LogP contribution in [0, 0.1) is 12.8 Å². The molecule has 0 aromatic heterocycles. The number of piperidine rings is 1. The Hall–Kier alpha value is -1.71. The van der Waals surface area contributed by atoms with Gasteiger partial charge in [-0.2, -0.15) is 0 Å². The van der Waals surface area contributed by atoms with Crippen molar-refractivity contribution < 1.29 is 4.79 Å². The number of aryl methyl sites for hydroxylation is 1. The van der Waals surface area contributed by atoms with Crippen molar-refractivity contribution in [3.8, 4) is 0 Å². The molecule has 3 N–H and O–H groups in total. The average Bonchev–Trinajstić information content (AvgIpc) is 2.40. The number of hydrogen-bond donors (Lipinski definition) is 2. The molecule has 1 aliphatic rings. The third-order valence-corrected chi connectivity index (χ3v) is 3.61. The predicted octanol–water partition coefficient (Wildman–Crippen LogP) is 1.54. The minimum absolute atomic E-state index is 0.0876. The van der Waals surface area contributed by atoms with Crippen LogP contribution in [-0.4, -0.2) is 26.0 Å². The molecule has 1 amide bonds. The van der Waals surface area contributed by atoms with Gasteiger partial charge in [0.15, 0.2) is 0 Å². The minimum Gasteiger partial charge on any atom is -0.399 e. The van der Waals surface area contributed by atoms with Crippen LogP contribution in [0.5, 0.6) is 0 Å². The Kier molecular flexibility index (Phi) is 3.75. The molecule has 0 saturated carbocycles. The number of anilines is 2. The van der Waals surface area contributed by atoms with Crippen molar-refractivity contribution in [2.45, 2.75) is 19.8 Å². The third-order valence-electron chi connectivity index (χ3n) is 3.61. The van der Waals surface area contributed by atoms with E-state index < -0.39 is 0 Å². The Morgan fingerprint density at radius 1 is 1.50 bits per heavy atom. The Morgan fingerprint density at radius 2 is 2.28 bits per heavy atom. The van der Waals surface area contributed by atoms with Crippen LogP contribution in [0.25, 0.3) is 0 Å². The molecule has 1 aliphatic heterocycles. The molecule has 98 valence electrons. The topological polar surface area (TPSA) is 58.4 Å². The van der Waals surface area contributed by atoms with Crippen LogP contribution >= 0.6 is 0 Å². The van der Waals surface area contributed by atoms with Gasteiger partial charge in [-0.25, -0.2) is 0 Å². The lowest BCUT2D eigenvalue weighted by Crippen LogP contribution is -2.42. The summed E-state index contributed by atoms with van der Waals surface area (Å²) < 4.78 is 0. The van der Waals surface area contributed by atoms with E-state index in [9.17, 15) is 4.79 Å². The van der Waals surface area contributed by atoms with E-state index in [1.54, 1.807) is 7.05 Å². The fourth-order valence-corrected chi connectivity index (χ4v) is 2.58. The summed E-state index contributed by atoms with van der Waals surface area (Å²) in [6.45, 7) is 3.86. The van der Waals surface area contributed by atoms with E-state index in [0.717, 1.165) is 37.3 Å². The zero-order chi connectivity index (χ0) is 13.1. The van der Waals surface area contributed by atoms with Gasteiger partial charge in [-0.05, 0) is 37.5 Å². The van der Waals surface area contributed by atoms with E-state index in [0.29, 0.717) is 0 Å². The van der Waals surface area contributed by atoms with Gasteiger partial charge in [0, 0.05) is 31.5 Å². The van der Waals surface area contributed by atoms with Gasteiger partial charge in [-0.1, -0.05) is 6.07 Å². The van der Waals surface area contributed by atoms with Crippen LogP contribution < -0.4 is 16.0 Å². The Balaban J connectivity index is 2.18. The van der Waals surface area contributed by atoms with Gasteiger partial charge in [0.25, 0.3) is 0 Å². The quantitative estimate of drug-likeness (QED) is 0.779. The maximum absolute atomic E-state index is 11.7. The van der Waals surface area contributed by atoms with Gasteiger partial charge in [0.2, 0.25) is 5.91 Å². The van der Waals surface area contributed by atoms with Crippen molar-refractivity contribution in [2.75, 3.05) is 30.8 Å². The highest BCUT2D eigenvalue weighted by Gasteiger charge is 2.25. The van der Waals surface area contributed by atoms with Crippen molar-refractivity contribution in [1.82, 2.24) is 5.32 Å². The van der Waals surface area contributed by atoms with Crippen LogP contribution in [0.15, 0.2) is 18.2 Å². The molecule has 0 aliphatic carbocycles. The molecule has 0 radical (unpaired) electrons. The molecule has 0 spiro atoms. The van der Waals surface area contributed by atoms with Gasteiger partial charge in [-0.15, -0.1) is 0 Å². The van der Waals surface area contributed by atoms with Crippen LogP contribution in [0.1, 0.15) is 18.4 Å². The lowest BCUT2D eigenvalue weighted by atomic mass is 9.96. The summed E-state index contributed by atoms with van der Waals surface area (Å²) in [5, 5.41) is 2.74. The van der Waals surface area contributed by atoms with Crippen LogP contribution in [0.3, 0.4) is 0 Å². The average molecular weight is 247 g/mol. The summed E-state index contributed by atoms with van der Waals surface area (Å²) in [6.07, 6.45) is 2.02. The number of rotatable bonds is 2. The summed E-state index contributed by atoms with van der Waals surface area (Å²) in [5.74, 6) is 0.228. The van der Waals surface area contributed by atoms with Crippen molar-refractivity contribution in [3.05, 3.63) is 23.8 Å². The standard InChI is InChI=1S/C14H21N3O/c1-10-5-6-12(15)8-13(10)17-7-3-4-11(9-17)14(18)16-2/h5-6,8,11H,3-4,7,9,15H2,1-2H3,(H,16,18). The Bertz CT molecular complexity index is 445. The van der Waals surface area contributed by atoms with Crippen molar-refractivity contribution in [1.29, 1.82) is 0 Å². The van der Waals surface area contributed by atoms with Gasteiger partial charge < -0.3 is 16.0 Å². The second-order valence-corrected chi connectivity index (χ2v) is 4.95. The summed E-state index contributed by atoms with van der Waals surface area (Å²) >= 11 is 0. The molecular formula is C14H21N3O. The number of nitrogens with zero attached hydrogens (tertiary/aromatic N) is 1. The van der Waals surface area contributed by atoms with E-state index in [4.69, 9.17) is 5.73 Å². The number of nitrogen functional groups attached to an aromatic ring is 1. The highest BCUT2D eigenvalue weighted by atomic mass is 16.1. The van der Waals surface area contributed by atoms with E-state index in [1.165, 1.54) is 5.56 Å². The summed E-state index contributed by atoms with van der Waals surface area (Å²) in [6, 6.07) is 5.95. The first kappa shape index (κ1) is 12.7. The Labute approximate surface area is 108 Å². The SMILES string of the molecule is CNC(=O)C1CCCN(c2cc(N)ccc2C)C1. The van der Waals surface area contributed by atoms with Gasteiger partial charge in [0.1, 0.15) is 0 Å². The lowest BCUT2D eigenvalue weighted by molar-refractivity contribution is -0.124. The first-order chi connectivity index (χ1) is 8.61. The number of benzene rings is 1. The molecular weight excluding hydrogens is 226 g/mol. The number of nitrogens with one attached hydrogen (secondary N) is 1. The molecule has 1 aromatic rings. The fourth-order valence-electron chi connectivity index (χ4n) is 2.58. The number of amides is 1. The monoisotopic (exact) mass is 247 g/mol. The maximum Gasteiger partial charge on any atom is 0.224 e. The zero-order valence-corrected chi connectivity index (χ0v) is 11.1. The largest absolute Gasteiger partial charge is 0.399 e. The van der Waals surface area contributed by atoms with E-state index >= 15 is 0 Å². The second-order valence-electron chi connectivity index (χ2n) is 4.95. The van der Waals surface area contributed by atoms with Gasteiger partial charge in [0.05, 0.1) is 5.92 Å². The molecule has 1 heterocycles. The minimum atomic E-state index is 0.0876. The van der Waals surface area contributed by atoms with Crippen LogP contribution in [-0.2, 0) is 4.79 Å². The molecule has 18 heavy (non-hydrogen) atoms. The highest BCUT2D eigenvalue weighted by Crippen LogP contribution is 2.27. The molecule has 2 rings (SSSR count). The number of hydrogen-bond acceptors (Lipinski definition) is 3. The van der Waals surface area contributed by atoms with Crippen molar-refractivity contribution in [2.24, 2.45) is 5.92 Å². The third kappa shape index (κ3) is 2.58. The normalized spacial score (nSPS) is 19.7. The first-order valence-corrected chi connectivity index (χ1v) is 6.44. The summed E-state index contributed by atoms with van der Waals surface area (Å²) in [5.41, 5.74) is 8.99. The molecule has 1 unspecified atom stereocenters. The van der Waals surface area contributed by atoms with Gasteiger partial charge >= 0.3 is 0 Å². The summed E-state index contributed by atoms with van der Waals surface area (Å²) in [7, 11) is 1.70. The lowest BCUT2D eigenvalue weighted by Gasteiger charge is -2.34. The van der Waals surface area contributed by atoms with E-state index in [2.05, 4.69) is 17.1 Å². The zero-order valence-electron chi connectivity index (χ0n) is 11.1. The van der Waals surface area contributed by atoms with E-state index in [-0.39, 0.29) is 11.8 Å². The molecule has 4 heteroatoms. The number of nitrogens with two attached hydrogens (primary N) is 1. The summed E-state index contributed by atoms with van der Waals surface area (Å²) in [4.78, 5) is 14.0. The highest BCUT2D eigenvalue weighted by molar-refractivity contribution is 5.79. The molecule has 1 saturated heterocycles. The molecule has 1 atom stereocenters. The second kappa shape index (κ2) is 5.29. The molecule has 4 nitrogen and oxygen atoms in total. The molecule has 1 aromatic carbocycles. The van der Waals surface area contributed by atoms with Gasteiger partial charge in [-0.3, -0.25) is 4.79 Å². The van der Waals surface area contributed by atoms with Crippen molar-refractivity contribution in [3.63, 3.8) is 0 Å². The van der Waals surface area contributed by atoms with Crippen LogP contribution in [0.4, 0.5) is 11.4 Å². The Morgan fingerprint density at radius 3 is 3.00 bits per heavy atom.